The van der Waals surface area contributed by atoms with E-state index in [1.54, 1.807) is 0 Å². The van der Waals surface area contributed by atoms with Crippen LogP contribution >= 0.6 is 35.2 Å². The Morgan fingerprint density at radius 1 is 0.800 bits per heavy atom. The molecule has 24 nitrogen and oxygen atoms in total. The van der Waals surface area contributed by atoms with Crippen LogP contribution in [-0.2, 0) is 50.7 Å². The molecule has 1 saturated heterocycles. The van der Waals surface area contributed by atoms with Crippen molar-refractivity contribution in [3.05, 3.63) is 24.8 Å². The maximum Gasteiger partial charge on any atom is 0.481 e. The van der Waals surface area contributed by atoms with E-state index in [1.165, 1.54) is 129 Å². The summed E-state index contributed by atoms with van der Waals surface area (Å²) in [5.41, 5.74) is 4.30. The smallest absolute Gasteiger partial charge is 0.386 e. The number of thioether (sulfide) groups is 1. The predicted octanol–water partition coefficient (Wildman–Crippen LogP) is 7.82. The van der Waals surface area contributed by atoms with Crippen LogP contribution in [0.15, 0.2) is 24.8 Å². The molecular formula is C47H84N7O17P3S. The summed E-state index contributed by atoms with van der Waals surface area (Å²) in [5.74, 6) is -1.02. The molecular weight excluding hydrogens is 1060 g/mol. The van der Waals surface area contributed by atoms with E-state index in [4.69, 9.17) is 19.5 Å². The number of aromatic nitrogens is 4. The lowest BCUT2D eigenvalue weighted by molar-refractivity contribution is -0.137. The Morgan fingerprint density at radius 2 is 1.36 bits per heavy atom. The zero-order chi connectivity index (χ0) is 55.3. The number of unbranched alkanes of at least 4 members (excludes halogenated alkanes) is 19. The summed E-state index contributed by atoms with van der Waals surface area (Å²) in [6.07, 6.45) is 24.9. The number of nitrogens with zero attached hydrogens (tertiary/aromatic N) is 4. The SMILES string of the molecule is CCCCCCCC/C=C/CCCCCCCCCCCCCCCC(=O)SCCNC(=O)CCNC(=O)C(O)C(C)(C)COP(=O)(O)OP(=O)(O)OCC1OC(n2cnc3c(N)ncnc32)C(O)C1OP(=O)(O)O. The number of anilines is 1. The van der Waals surface area contributed by atoms with Gasteiger partial charge in [-0.1, -0.05) is 147 Å². The quantitative estimate of drug-likeness (QED) is 0.0174. The zero-order valence-corrected chi connectivity index (χ0v) is 47.3. The van der Waals surface area contributed by atoms with Gasteiger partial charge in [0, 0.05) is 37.1 Å². The molecule has 430 valence electrons. The molecule has 10 N–H and O–H groups in total. The standard InChI is InChI=1S/C47H84N7O17P3S/c1-4-5-6-7-8-9-10-11-12-13-14-15-16-17-18-19-20-21-22-23-24-25-26-27-38(56)75-31-30-49-37(55)28-29-50-45(59)42(58)47(2,3)33-68-74(65,66)71-73(63,64)67-32-36-41(70-72(60,61)62)40(57)46(69-36)54-35-53-39-43(48)51-34-52-44(39)54/h11-12,34-36,40-42,46,57-58H,4-10,13-33H2,1-3H3,(H,49,55)(H,50,59)(H,63,64)(H,65,66)(H2,48,51,52)(H2,60,61,62)/b12-11+. The number of carbonyl (C=O) groups excluding carboxylic acids is 3. The Kier molecular flexibility index (Phi) is 31.1. The van der Waals surface area contributed by atoms with E-state index >= 15 is 0 Å². The van der Waals surface area contributed by atoms with Gasteiger partial charge in [-0.15, -0.1) is 0 Å². The average molecular weight is 1140 g/mol. The van der Waals surface area contributed by atoms with Gasteiger partial charge in [-0.25, -0.2) is 28.6 Å². The van der Waals surface area contributed by atoms with Crippen LogP contribution in [0, 0.1) is 5.41 Å². The molecule has 0 spiro atoms. The van der Waals surface area contributed by atoms with Gasteiger partial charge in [0.2, 0.25) is 11.8 Å². The summed E-state index contributed by atoms with van der Waals surface area (Å²) in [7, 11) is -16.4. The number of hydrogen-bond donors (Lipinski definition) is 9. The molecule has 2 amide bonds. The number of aliphatic hydroxyl groups excluding tert-OH is 2. The molecule has 0 bridgehead atoms. The van der Waals surface area contributed by atoms with E-state index in [-0.39, 0.29) is 41.6 Å². The van der Waals surface area contributed by atoms with Gasteiger partial charge in [0.25, 0.3) is 0 Å². The minimum absolute atomic E-state index is 0.0341. The molecule has 1 fully saturated rings. The minimum Gasteiger partial charge on any atom is -0.386 e. The summed E-state index contributed by atoms with van der Waals surface area (Å²) < 4.78 is 62.6. The third-order valence-corrected chi connectivity index (χ3v) is 16.4. The number of fused-ring (bicyclic) bond motifs is 1. The highest BCUT2D eigenvalue weighted by Crippen LogP contribution is 2.61. The van der Waals surface area contributed by atoms with Gasteiger partial charge in [-0.3, -0.25) is 32.5 Å². The Labute approximate surface area is 445 Å². The normalized spacial score (nSPS) is 19.3. The Bertz CT molecular complexity index is 2190. The minimum atomic E-state index is -5.58. The molecule has 2 aromatic heterocycles. The molecule has 0 saturated carbocycles. The van der Waals surface area contributed by atoms with Crippen molar-refractivity contribution in [3.63, 3.8) is 0 Å². The van der Waals surface area contributed by atoms with Crippen molar-refractivity contribution in [2.75, 3.05) is 37.8 Å². The van der Waals surface area contributed by atoms with Crippen molar-refractivity contribution < 1.29 is 80.5 Å². The van der Waals surface area contributed by atoms with Crippen LogP contribution in [0.25, 0.3) is 11.2 Å². The van der Waals surface area contributed by atoms with Gasteiger partial charge in [0.1, 0.15) is 36.3 Å². The van der Waals surface area contributed by atoms with Gasteiger partial charge in [0.05, 0.1) is 19.5 Å². The number of amides is 2. The second-order valence-corrected chi connectivity index (χ2v) is 24.8. The van der Waals surface area contributed by atoms with Gasteiger partial charge in [-0.05, 0) is 32.1 Å². The highest BCUT2D eigenvalue weighted by molar-refractivity contribution is 8.13. The number of allylic oxidation sites excluding steroid dienone is 2. The van der Waals surface area contributed by atoms with Crippen LogP contribution in [0.4, 0.5) is 5.82 Å². The average Bonchev–Trinajstić information content (AvgIpc) is 3.91. The van der Waals surface area contributed by atoms with Gasteiger partial charge in [0.15, 0.2) is 22.8 Å². The van der Waals surface area contributed by atoms with E-state index in [2.05, 4.69) is 53.5 Å². The predicted molar refractivity (Wildman–Crippen MR) is 283 cm³/mol. The first-order chi connectivity index (χ1) is 35.6. The third-order valence-electron chi connectivity index (χ3n) is 12.4. The summed E-state index contributed by atoms with van der Waals surface area (Å²) in [4.78, 5) is 88.6. The van der Waals surface area contributed by atoms with Crippen LogP contribution < -0.4 is 16.4 Å². The van der Waals surface area contributed by atoms with Gasteiger partial charge >= 0.3 is 23.5 Å². The van der Waals surface area contributed by atoms with Crippen molar-refractivity contribution in [1.82, 2.24) is 30.2 Å². The molecule has 7 unspecified atom stereocenters. The number of ether oxygens (including phenoxy) is 1. The third kappa shape index (κ3) is 27.2. The summed E-state index contributed by atoms with van der Waals surface area (Å²) in [6, 6.07) is 0. The molecule has 1 aliphatic rings. The Morgan fingerprint density at radius 3 is 1.95 bits per heavy atom. The fourth-order valence-electron chi connectivity index (χ4n) is 8.12. The lowest BCUT2D eigenvalue weighted by atomic mass is 9.87. The number of hydrogen-bond acceptors (Lipinski definition) is 18. The molecule has 3 rings (SSSR count). The number of nitrogen functional groups attached to an aromatic ring is 1. The first-order valence-corrected chi connectivity index (χ1v) is 31.8. The molecule has 3 heterocycles. The molecule has 28 heteroatoms. The van der Waals surface area contributed by atoms with Crippen molar-refractivity contribution >= 4 is 69.1 Å². The van der Waals surface area contributed by atoms with E-state index in [1.807, 2.05) is 0 Å². The second-order valence-electron chi connectivity index (χ2n) is 19.5. The first kappa shape index (κ1) is 66.6. The maximum atomic E-state index is 12.8. The Balaban J connectivity index is 1.20. The lowest BCUT2D eigenvalue weighted by Crippen LogP contribution is -2.46. The zero-order valence-electron chi connectivity index (χ0n) is 43.8. The molecule has 1 aliphatic heterocycles. The number of phosphoric acid groups is 3. The number of nitrogens with one attached hydrogen (secondary N) is 2. The maximum absolute atomic E-state index is 12.8. The summed E-state index contributed by atoms with van der Waals surface area (Å²) in [5, 5.41) is 26.7. The first-order valence-electron chi connectivity index (χ1n) is 26.3. The Hall–Kier alpha value is -2.70. The monoisotopic (exact) mass is 1140 g/mol. The summed E-state index contributed by atoms with van der Waals surface area (Å²) >= 11 is 1.16. The molecule has 2 aromatic rings. The van der Waals surface area contributed by atoms with Crippen LogP contribution in [0.3, 0.4) is 0 Å². The van der Waals surface area contributed by atoms with Crippen LogP contribution in [-0.4, -0.2) is 123 Å². The van der Waals surface area contributed by atoms with Gasteiger partial charge < -0.3 is 50.9 Å². The molecule has 0 aromatic carbocycles. The van der Waals surface area contributed by atoms with E-state index in [0.717, 1.165) is 48.2 Å². The number of aliphatic hydroxyl groups is 2. The van der Waals surface area contributed by atoms with Crippen LogP contribution in [0.5, 0.6) is 0 Å². The largest absolute Gasteiger partial charge is 0.481 e. The molecule has 0 radical (unpaired) electrons. The fourth-order valence-corrected chi connectivity index (χ4v) is 11.7. The fraction of sp³-hybridized carbons (Fsp3) is 0.787. The van der Waals surface area contributed by atoms with Crippen LogP contribution in [0.2, 0.25) is 0 Å². The number of imidazole rings is 1. The second kappa shape index (κ2) is 35.0. The van der Waals surface area contributed by atoms with Crippen molar-refractivity contribution in [3.8, 4) is 0 Å². The number of rotatable bonds is 42. The summed E-state index contributed by atoms with van der Waals surface area (Å²) in [6.45, 7) is 2.84. The van der Waals surface area contributed by atoms with Crippen LogP contribution in [0.1, 0.15) is 175 Å². The number of nitrogens with two attached hydrogens (primary N) is 1. The van der Waals surface area contributed by atoms with E-state index < -0.39 is 84.6 Å². The highest BCUT2D eigenvalue weighted by Gasteiger charge is 2.50. The van der Waals surface area contributed by atoms with E-state index in [0.29, 0.717) is 12.2 Å². The number of phosphoric ester groups is 3. The molecule has 75 heavy (non-hydrogen) atoms. The van der Waals surface area contributed by atoms with Crippen molar-refractivity contribution in [2.45, 2.75) is 199 Å². The molecule has 0 aliphatic carbocycles. The topological polar surface area (TPSA) is 364 Å². The highest BCUT2D eigenvalue weighted by atomic mass is 32.2. The lowest BCUT2D eigenvalue weighted by Gasteiger charge is -2.30. The van der Waals surface area contributed by atoms with Crippen molar-refractivity contribution in [2.24, 2.45) is 5.41 Å². The number of carbonyl (C=O) groups is 3. The van der Waals surface area contributed by atoms with Gasteiger partial charge in [-0.2, -0.15) is 4.31 Å². The van der Waals surface area contributed by atoms with E-state index in [9.17, 15) is 57.9 Å². The van der Waals surface area contributed by atoms with Crippen molar-refractivity contribution in [1.29, 1.82) is 0 Å². The molecule has 7 atom stereocenters.